The van der Waals surface area contributed by atoms with E-state index >= 15 is 0 Å². The van der Waals surface area contributed by atoms with Crippen molar-refractivity contribution in [2.75, 3.05) is 11.1 Å². The van der Waals surface area contributed by atoms with Crippen molar-refractivity contribution in [3.63, 3.8) is 0 Å². The van der Waals surface area contributed by atoms with Gasteiger partial charge in [0.05, 0.1) is 5.75 Å². The lowest BCUT2D eigenvalue weighted by atomic mass is 10.1. The lowest BCUT2D eigenvalue weighted by molar-refractivity contribution is -0.113. The van der Waals surface area contributed by atoms with Crippen molar-refractivity contribution in [2.24, 2.45) is 0 Å². The first kappa shape index (κ1) is 21.6. The van der Waals surface area contributed by atoms with Crippen LogP contribution in [0, 0.1) is 17.4 Å². The third kappa shape index (κ3) is 5.16. The molecular weight excluding hydrogens is 519 g/mol. The van der Waals surface area contributed by atoms with Crippen LogP contribution in [-0.4, -0.2) is 26.4 Å². The number of benzene rings is 3. The Morgan fingerprint density at radius 1 is 1.00 bits per heavy atom. The van der Waals surface area contributed by atoms with Crippen LogP contribution >= 0.6 is 34.4 Å². The number of nitrogens with zero attached hydrogens (tertiary/aromatic N) is 3. The Labute approximate surface area is 199 Å². The zero-order valence-electron chi connectivity index (χ0n) is 17.2. The Hall–Kier alpha value is -2.65. The second-order valence-corrected chi connectivity index (χ2v) is 9.33. The van der Waals surface area contributed by atoms with E-state index < -0.39 is 0 Å². The van der Waals surface area contributed by atoms with Crippen LogP contribution in [0.15, 0.2) is 78.0 Å². The molecule has 3 aromatic carbocycles. The third-order valence-corrected chi connectivity index (χ3v) is 6.32. The number of thioether (sulfide) groups is 1. The van der Waals surface area contributed by atoms with Crippen molar-refractivity contribution in [1.82, 2.24) is 14.8 Å². The maximum Gasteiger partial charge on any atom is 0.234 e. The normalized spacial score (nSPS) is 10.8. The van der Waals surface area contributed by atoms with Gasteiger partial charge in [-0.05, 0) is 78.4 Å². The van der Waals surface area contributed by atoms with E-state index in [9.17, 15) is 4.79 Å². The number of hydrogen-bond acceptors (Lipinski definition) is 4. The molecule has 0 aliphatic heterocycles. The fourth-order valence-electron chi connectivity index (χ4n) is 3.23. The number of carbonyl (C=O) groups is 1. The molecule has 1 amide bonds. The van der Waals surface area contributed by atoms with Gasteiger partial charge in [-0.1, -0.05) is 53.7 Å². The first-order valence-corrected chi connectivity index (χ1v) is 11.8. The van der Waals surface area contributed by atoms with Crippen molar-refractivity contribution in [3.05, 3.63) is 87.5 Å². The molecule has 7 heteroatoms. The number of aromatic nitrogens is 3. The van der Waals surface area contributed by atoms with Gasteiger partial charge in [-0.15, -0.1) is 10.2 Å². The summed E-state index contributed by atoms with van der Waals surface area (Å²) in [5, 5.41) is 12.5. The standard InChI is InChI=1S/C24H21IN4OS/c1-16-7-6-8-18(13-16)23-27-28-24(29(23)20-9-4-3-5-10-20)31-15-22(30)26-21-12-11-19(25)14-17(21)2/h3-14H,15H2,1-2H3,(H,26,30). The van der Waals surface area contributed by atoms with Crippen LogP contribution in [0.3, 0.4) is 0 Å². The summed E-state index contributed by atoms with van der Waals surface area (Å²) in [6, 6.07) is 24.1. The van der Waals surface area contributed by atoms with Crippen molar-refractivity contribution in [3.8, 4) is 17.1 Å². The summed E-state index contributed by atoms with van der Waals surface area (Å²) >= 11 is 3.64. The van der Waals surface area contributed by atoms with Crippen LogP contribution in [0.25, 0.3) is 17.1 Å². The fraction of sp³-hybridized carbons (Fsp3) is 0.125. The molecule has 4 rings (SSSR count). The molecule has 0 atom stereocenters. The van der Waals surface area contributed by atoms with Crippen LogP contribution < -0.4 is 5.32 Å². The average Bonchev–Trinajstić information content (AvgIpc) is 3.19. The molecule has 0 saturated carbocycles. The maximum atomic E-state index is 12.6. The Balaban J connectivity index is 1.59. The van der Waals surface area contributed by atoms with Gasteiger partial charge in [-0.25, -0.2) is 0 Å². The van der Waals surface area contributed by atoms with Crippen molar-refractivity contribution in [1.29, 1.82) is 0 Å². The van der Waals surface area contributed by atoms with Gasteiger partial charge < -0.3 is 5.32 Å². The molecule has 0 unspecified atom stereocenters. The predicted octanol–water partition coefficient (Wildman–Crippen LogP) is 5.89. The van der Waals surface area contributed by atoms with Gasteiger partial charge in [-0.2, -0.15) is 0 Å². The molecule has 31 heavy (non-hydrogen) atoms. The van der Waals surface area contributed by atoms with E-state index in [1.807, 2.05) is 72.2 Å². The topological polar surface area (TPSA) is 59.8 Å². The van der Waals surface area contributed by atoms with Gasteiger partial charge in [-0.3, -0.25) is 9.36 Å². The number of aryl methyl sites for hydroxylation is 2. The molecule has 0 aliphatic carbocycles. The highest BCUT2D eigenvalue weighted by molar-refractivity contribution is 14.1. The summed E-state index contributed by atoms with van der Waals surface area (Å²) in [7, 11) is 0. The quantitative estimate of drug-likeness (QED) is 0.245. The van der Waals surface area contributed by atoms with Crippen LogP contribution in [0.2, 0.25) is 0 Å². The highest BCUT2D eigenvalue weighted by Gasteiger charge is 2.17. The number of carbonyl (C=O) groups excluding carboxylic acids is 1. The molecule has 4 aromatic rings. The molecule has 0 saturated heterocycles. The van der Waals surface area contributed by atoms with E-state index in [1.54, 1.807) is 0 Å². The van der Waals surface area contributed by atoms with Gasteiger partial charge in [0, 0.05) is 20.5 Å². The van der Waals surface area contributed by atoms with Crippen LogP contribution in [0.1, 0.15) is 11.1 Å². The average molecular weight is 540 g/mol. The van der Waals surface area contributed by atoms with E-state index in [2.05, 4.69) is 57.2 Å². The van der Waals surface area contributed by atoms with Gasteiger partial charge in [0.15, 0.2) is 11.0 Å². The number of para-hydroxylation sites is 1. The summed E-state index contributed by atoms with van der Waals surface area (Å²) in [6.45, 7) is 4.05. The second kappa shape index (κ2) is 9.65. The molecule has 1 heterocycles. The van der Waals surface area contributed by atoms with E-state index in [0.717, 1.165) is 37.5 Å². The zero-order chi connectivity index (χ0) is 21.8. The number of rotatable bonds is 6. The minimum absolute atomic E-state index is 0.0750. The smallest absolute Gasteiger partial charge is 0.234 e. The van der Waals surface area contributed by atoms with Gasteiger partial charge in [0.1, 0.15) is 0 Å². The lowest BCUT2D eigenvalue weighted by Gasteiger charge is -2.11. The number of hydrogen-bond donors (Lipinski definition) is 1. The first-order chi connectivity index (χ1) is 15.0. The molecule has 0 radical (unpaired) electrons. The van der Waals surface area contributed by atoms with E-state index in [1.165, 1.54) is 11.8 Å². The molecule has 5 nitrogen and oxygen atoms in total. The van der Waals surface area contributed by atoms with Crippen molar-refractivity contribution < 1.29 is 4.79 Å². The molecular formula is C24H21IN4OS. The summed E-state index contributed by atoms with van der Waals surface area (Å²) in [5.74, 6) is 0.921. The maximum absolute atomic E-state index is 12.6. The fourth-order valence-corrected chi connectivity index (χ4v) is 4.63. The number of nitrogens with one attached hydrogen (secondary N) is 1. The van der Waals surface area contributed by atoms with Crippen LogP contribution in [0.4, 0.5) is 5.69 Å². The molecule has 0 spiro atoms. The van der Waals surface area contributed by atoms with Crippen molar-refractivity contribution >= 4 is 45.9 Å². The Morgan fingerprint density at radius 3 is 2.55 bits per heavy atom. The summed E-state index contributed by atoms with van der Waals surface area (Å²) in [4.78, 5) is 12.6. The SMILES string of the molecule is Cc1cccc(-c2nnc(SCC(=O)Nc3ccc(I)cc3C)n2-c2ccccc2)c1. The Morgan fingerprint density at radius 2 is 1.81 bits per heavy atom. The first-order valence-electron chi connectivity index (χ1n) is 9.78. The largest absolute Gasteiger partial charge is 0.325 e. The molecule has 0 bridgehead atoms. The Bertz CT molecular complexity index is 1220. The van der Waals surface area contributed by atoms with Crippen molar-refractivity contribution in [2.45, 2.75) is 19.0 Å². The zero-order valence-corrected chi connectivity index (χ0v) is 20.1. The molecule has 0 aliphatic rings. The van der Waals surface area contributed by atoms with Crippen LogP contribution in [0.5, 0.6) is 0 Å². The Kier molecular flexibility index (Phi) is 6.72. The molecule has 156 valence electrons. The summed E-state index contributed by atoms with van der Waals surface area (Å²) in [5.41, 5.74) is 4.97. The highest BCUT2D eigenvalue weighted by atomic mass is 127. The second-order valence-electron chi connectivity index (χ2n) is 7.14. The highest BCUT2D eigenvalue weighted by Crippen LogP contribution is 2.28. The predicted molar refractivity (Wildman–Crippen MR) is 135 cm³/mol. The molecule has 0 fully saturated rings. The van der Waals surface area contributed by atoms with E-state index in [0.29, 0.717) is 5.16 Å². The number of anilines is 1. The molecule has 1 N–H and O–H groups in total. The monoisotopic (exact) mass is 540 g/mol. The van der Waals surface area contributed by atoms with E-state index in [-0.39, 0.29) is 11.7 Å². The summed E-state index contributed by atoms with van der Waals surface area (Å²) in [6.07, 6.45) is 0. The van der Waals surface area contributed by atoms with Crippen LogP contribution in [-0.2, 0) is 4.79 Å². The van der Waals surface area contributed by atoms with Gasteiger partial charge in [0.2, 0.25) is 5.91 Å². The van der Waals surface area contributed by atoms with E-state index in [4.69, 9.17) is 0 Å². The number of halogens is 1. The van der Waals surface area contributed by atoms with Gasteiger partial charge in [0.25, 0.3) is 0 Å². The number of amides is 1. The van der Waals surface area contributed by atoms with Gasteiger partial charge >= 0.3 is 0 Å². The third-order valence-electron chi connectivity index (χ3n) is 4.72. The molecule has 1 aromatic heterocycles. The lowest BCUT2D eigenvalue weighted by Crippen LogP contribution is -2.15. The minimum atomic E-state index is -0.0750. The summed E-state index contributed by atoms with van der Waals surface area (Å²) < 4.78 is 3.14. The minimum Gasteiger partial charge on any atom is -0.325 e.